The average molecular weight is 270 g/mol. The molecule has 1 unspecified atom stereocenters. The molecule has 0 spiro atoms. The molecule has 0 heterocycles. The van der Waals surface area contributed by atoms with Crippen LogP contribution in [0.1, 0.15) is 26.2 Å². The summed E-state index contributed by atoms with van der Waals surface area (Å²) >= 11 is 2.19. The zero-order valence-electron chi connectivity index (χ0n) is 7.10. The Morgan fingerprint density at radius 2 is 2.18 bits per heavy atom. The van der Waals surface area contributed by atoms with Crippen molar-refractivity contribution in [2.45, 2.75) is 30.1 Å². The van der Waals surface area contributed by atoms with Crippen molar-refractivity contribution in [2.75, 3.05) is 13.7 Å². The minimum atomic E-state index is 0.199. The van der Waals surface area contributed by atoms with Gasteiger partial charge in [-0.25, -0.2) is 0 Å². The van der Waals surface area contributed by atoms with Gasteiger partial charge < -0.3 is 4.74 Å². The predicted molar refractivity (Wildman–Crippen MR) is 54.2 cm³/mol. The maximum absolute atomic E-state index is 10.8. The van der Waals surface area contributed by atoms with Gasteiger partial charge in [0.15, 0.2) is 0 Å². The van der Waals surface area contributed by atoms with Crippen molar-refractivity contribution in [3.63, 3.8) is 0 Å². The fourth-order valence-corrected chi connectivity index (χ4v) is 1.21. The first kappa shape index (κ1) is 11.4. The summed E-state index contributed by atoms with van der Waals surface area (Å²) in [5, 5.41) is 0. The SMILES string of the molecule is COCCCCC(I)C(C)=O. The molecule has 0 bridgehead atoms. The molecule has 0 saturated heterocycles. The number of hydrogen-bond donors (Lipinski definition) is 0. The number of carbonyl (C=O) groups is 1. The Morgan fingerprint density at radius 1 is 1.55 bits per heavy atom. The van der Waals surface area contributed by atoms with Crippen molar-refractivity contribution in [3.05, 3.63) is 0 Å². The summed E-state index contributed by atoms with van der Waals surface area (Å²) in [5.41, 5.74) is 0. The molecule has 0 N–H and O–H groups in total. The summed E-state index contributed by atoms with van der Waals surface area (Å²) in [6.45, 7) is 2.45. The van der Waals surface area contributed by atoms with E-state index in [1.165, 1.54) is 0 Å². The number of rotatable bonds is 6. The van der Waals surface area contributed by atoms with Gasteiger partial charge in [-0.05, 0) is 26.2 Å². The van der Waals surface area contributed by atoms with E-state index in [0.29, 0.717) is 0 Å². The molecule has 0 amide bonds. The number of carbonyl (C=O) groups excluding carboxylic acids is 1. The van der Waals surface area contributed by atoms with Gasteiger partial charge in [0.1, 0.15) is 5.78 Å². The molecule has 0 rings (SSSR count). The Hall–Kier alpha value is 0.360. The van der Waals surface area contributed by atoms with Crippen LogP contribution in [0.3, 0.4) is 0 Å². The van der Waals surface area contributed by atoms with Crippen molar-refractivity contribution in [3.8, 4) is 0 Å². The third-order valence-corrected chi connectivity index (χ3v) is 3.00. The molecule has 0 fully saturated rings. The van der Waals surface area contributed by atoms with E-state index in [4.69, 9.17) is 4.74 Å². The number of hydrogen-bond acceptors (Lipinski definition) is 2. The maximum Gasteiger partial charge on any atom is 0.142 e. The van der Waals surface area contributed by atoms with Gasteiger partial charge in [0, 0.05) is 13.7 Å². The van der Waals surface area contributed by atoms with Crippen LogP contribution in [-0.4, -0.2) is 23.4 Å². The van der Waals surface area contributed by atoms with Gasteiger partial charge in [-0.2, -0.15) is 0 Å². The van der Waals surface area contributed by atoms with E-state index in [2.05, 4.69) is 22.6 Å². The first-order chi connectivity index (χ1) is 5.18. The van der Waals surface area contributed by atoms with Crippen molar-refractivity contribution in [2.24, 2.45) is 0 Å². The molecule has 0 aliphatic carbocycles. The van der Waals surface area contributed by atoms with E-state index in [-0.39, 0.29) is 9.71 Å². The number of alkyl halides is 1. The molecule has 66 valence electrons. The normalized spacial score (nSPS) is 13.0. The lowest BCUT2D eigenvalue weighted by Gasteiger charge is -2.04. The monoisotopic (exact) mass is 270 g/mol. The molecule has 0 saturated carbocycles. The second kappa shape index (κ2) is 7.03. The fourth-order valence-electron chi connectivity index (χ4n) is 0.773. The lowest BCUT2D eigenvalue weighted by Crippen LogP contribution is -2.09. The Balaban J connectivity index is 3.17. The highest BCUT2D eigenvalue weighted by molar-refractivity contribution is 14.1. The number of unbranched alkanes of at least 4 members (excludes halogenated alkanes) is 1. The minimum Gasteiger partial charge on any atom is -0.385 e. The number of halogens is 1. The van der Waals surface area contributed by atoms with E-state index in [1.807, 2.05) is 0 Å². The van der Waals surface area contributed by atoms with Crippen molar-refractivity contribution < 1.29 is 9.53 Å². The van der Waals surface area contributed by atoms with Crippen LogP contribution in [0.2, 0.25) is 0 Å². The molecule has 0 aromatic carbocycles. The predicted octanol–water partition coefficient (Wildman–Crippen LogP) is 2.20. The minimum absolute atomic E-state index is 0.199. The molecule has 1 atom stereocenters. The molecule has 0 radical (unpaired) electrons. The molecule has 0 aromatic rings. The average Bonchev–Trinajstić information content (AvgIpc) is 1.97. The Labute approximate surface area is 81.8 Å². The largest absolute Gasteiger partial charge is 0.385 e. The summed E-state index contributed by atoms with van der Waals surface area (Å²) in [7, 11) is 1.70. The smallest absolute Gasteiger partial charge is 0.142 e. The molecular formula is C8H15IO2. The van der Waals surface area contributed by atoms with E-state index in [9.17, 15) is 4.79 Å². The molecular weight excluding hydrogens is 255 g/mol. The van der Waals surface area contributed by atoms with Crippen LogP contribution in [0.15, 0.2) is 0 Å². The van der Waals surface area contributed by atoms with Crippen LogP contribution in [0, 0.1) is 0 Å². The molecule has 11 heavy (non-hydrogen) atoms. The number of Topliss-reactive ketones (excluding diaryl/α,β-unsaturated/α-hetero) is 1. The van der Waals surface area contributed by atoms with Crippen molar-refractivity contribution in [1.29, 1.82) is 0 Å². The van der Waals surface area contributed by atoms with Gasteiger partial charge in [0.05, 0.1) is 3.92 Å². The van der Waals surface area contributed by atoms with Crippen LogP contribution in [-0.2, 0) is 9.53 Å². The molecule has 0 aliphatic rings. The van der Waals surface area contributed by atoms with Crippen molar-refractivity contribution in [1.82, 2.24) is 0 Å². The van der Waals surface area contributed by atoms with Gasteiger partial charge in [0.25, 0.3) is 0 Å². The van der Waals surface area contributed by atoms with E-state index in [1.54, 1.807) is 14.0 Å². The van der Waals surface area contributed by atoms with Crippen LogP contribution in [0.5, 0.6) is 0 Å². The van der Waals surface area contributed by atoms with Crippen LogP contribution < -0.4 is 0 Å². The van der Waals surface area contributed by atoms with Crippen molar-refractivity contribution >= 4 is 28.4 Å². The van der Waals surface area contributed by atoms with Gasteiger partial charge >= 0.3 is 0 Å². The fraction of sp³-hybridized carbons (Fsp3) is 0.875. The molecule has 3 heteroatoms. The highest BCUT2D eigenvalue weighted by atomic mass is 127. The van der Waals surface area contributed by atoms with Crippen LogP contribution >= 0.6 is 22.6 Å². The molecule has 0 aliphatic heterocycles. The Morgan fingerprint density at radius 3 is 2.64 bits per heavy atom. The summed E-state index contributed by atoms with van der Waals surface area (Å²) in [6.07, 6.45) is 3.13. The van der Waals surface area contributed by atoms with Gasteiger partial charge in [0.2, 0.25) is 0 Å². The summed E-state index contributed by atoms with van der Waals surface area (Å²) in [6, 6.07) is 0. The highest BCUT2D eigenvalue weighted by Crippen LogP contribution is 2.11. The second-order valence-corrected chi connectivity index (χ2v) is 4.07. The second-order valence-electron chi connectivity index (χ2n) is 2.57. The maximum atomic E-state index is 10.8. The topological polar surface area (TPSA) is 26.3 Å². The van der Waals surface area contributed by atoms with E-state index >= 15 is 0 Å². The summed E-state index contributed by atoms with van der Waals surface area (Å²) < 4.78 is 5.10. The quantitative estimate of drug-likeness (QED) is 0.420. The molecule has 2 nitrogen and oxygen atoms in total. The van der Waals surface area contributed by atoms with E-state index < -0.39 is 0 Å². The van der Waals surface area contributed by atoms with E-state index in [0.717, 1.165) is 25.9 Å². The first-order valence-electron chi connectivity index (χ1n) is 3.82. The number of ketones is 1. The van der Waals surface area contributed by atoms with Crippen LogP contribution in [0.25, 0.3) is 0 Å². The first-order valence-corrected chi connectivity index (χ1v) is 5.06. The lowest BCUT2D eigenvalue weighted by atomic mass is 10.1. The summed E-state index contributed by atoms with van der Waals surface area (Å²) in [4.78, 5) is 10.8. The number of ether oxygens (including phenoxy) is 1. The number of methoxy groups -OCH3 is 1. The zero-order chi connectivity index (χ0) is 8.69. The molecule has 0 aromatic heterocycles. The summed E-state index contributed by atoms with van der Waals surface area (Å²) in [5.74, 6) is 0.281. The lowest BCUT2D eigenvalue weighted by molar-refractivity contribution is -0.116. The van der Waals surface area contributed by atoms with Gasteiger partial charge in [-0.3, -0.25) is 4.79 Å². The Kier molecular flexibility index (Phi) is 7.26. The standard InChI is InChI=1S/C8H15IO2/c1-7(10)8(9)5-3-4-6-11-2/h8H,3-6H2,1-2H3. The van der Waals surface area contributed by atoms with Gasteiger partial charge in [-0.1, -0.05) is 22.6 Å². The third kappa shape index (κ3) is 6.75. The van der Waals surface area contributed by atoms with Crippen LogP contribution in [0.4, 0.5) is 0 Å². The third-order valence-electron chi connectivity index (χ3n) is 1.50. The highest BCUT2D eigenvalue weighted by Gasteiger charge is 2.07. The van der Waals surface area contributed by atoms with Gasteiger partial charge in [-0.15, -0.1) is 0 Å². The Bertz CT molecular complexity index is 115. The zero-order valence-corrected chi connectivity index (χ0v) is 9.26.